The highest BCUT2D eigenvalue weighted by atomic mass is 32.2. The van der Waals surface area contributed by atoms with E-state index in [4.69, 9.17) is 4.74 Å². The van der Waals surface area contributed by atoms with Crippen LogP contribution in [0.1, 0.15) is 32.5 Å². The van der Waals surface area contributed by atoms with E-state index in [1.165, 1.54) is 25.6 Å². The number of nitrogens with zero attached hydrogens (tertiary/aromatic N) is 3. The van der Waals surface area contributed by atoms with Crippen LogP contribution >= 0.6 is 11.8 Å². The molecule has 0 bridgehead atoms. The molecular formula is C22H21N4O4S+. The molecule has 8 nitrogen and oxygen atoms in total. The molecule has 0 unspecified atom stereocenters. The van der Waals surface area contributed by atoms with Gasteiger partial charge in [0, 0.05) is 24.5 Å². The van der Waals surface area contributed by atoms with E-state index < -0.39 is 12.1 Å². The first-order valence-corrected chi connectivity index (χ1v) is 10.8. The van der Waals surface area contributed by atoms with Gasteiger partial charge in [0.25, 0.3) is 6.17 Å². The third kappa shape index (κ3) is 3.84. The number of carbonyl (C=O) groups excluding carboxylic acids is 2. The first kappa shape index (κ1) is 20.8. The quantitative estimate of drug-likeness (QED) is 0.292. The number of esters is 1. The molecule has 9 heteroatoms. The number of amides is 1. The Morgan fingerprint density at radius 1 is 1.16 bits per heavy atom. The fraction of sp³-hybridized carbons (Fsp3) is 0.227. The molecule has 0 aliphatic carbocycles. The number of carbonyl (C=O) groups is 2. The fourth-order valence-corrected chi connectivity index (χ4v) is 4.27. The number of H-pyrrole nitrogens is 1. The first-order chi connectivity index (χ1) is 14.9. The summed E-state index contributed by atoms with van der Waals surface area (Å²) >= 11 is 1.41. The monoisotopic (exact) mass is 437 g/mol. The molecule has 0 saturated carbocycles. The van der Waals surface area contributed by atoms with E-state index in [1.54, 1.807) is 39.9 Å². The molecule has 0 spiro atoms. The van der Waals surface area contributed by atoms with E-state index in [0.717, 1.165) is 11.3 Å². The van der Waals surface area contributed by atoms with E-state index in [1.807, 2.05) is 25.1 Å². The maximum atomic E-state index is 13.1. The second kappa shape index (κ2) is 8.35. The van der Waals surface area contributed by atoms with Crippen molar-refractivity contribution in [3.63, 3.8) is 0 Å². The topological polar surface area (TPSA) is 96.2 Å². The minimum atomic E-state index is -0.674. The Labute approximate surface area is 182 Å². The number of para-hydroxylation sites is 1. The molecule has 2 aromatic carbocycles. The molecule has 31 heavy (non-hydrogen) atoms. The number of hydrogen-bond donors (Lipinski definition) is 1. The van der Waals surface area contributed by atoms with Crippen molar-refractivity contribution in [2.24, 2.45) is 0 Å². The van der Waals surface area contributed by atoms with Gasteiger partial charge in [-0.15, -0.1) is 0 Å². The number of hydrogen-bond acceptors (Lipinski definition) is 6. The summed E-state index contributed by atoms with van der Waals surface area (Å²) < 4.78 is 6.73. The fourth-order valence-electron chi connectivity index (χ4n) is 3.69. The molecule has 1 aromatic heterocycles. The number of thioether (sulfide) groups is 1. The largest absolute Gasteiger partial charge is 0.427 e. The van der Waals surface area contributed by atoms with Gasteiger partial charge in [0.15, 0.2) is 0 Å². The van der Waals surface area contributed by atoms with E-state index >= 15 is 0 Å². The van der Waals surface area contributed by atoms with Crippen LogP contribution in [0.4, 0.5) is 5.69 Å². The molecule has 4 rings (SSSR count). The molecule has 2 heterocycles. The molecule has 1 aliphatic rings. The van der Waals surface area contributed by atoms with Crippen molar-refractivity contribution < 1.29 is 19.0 Å². The summed E-state index contributed by atoms with van der Waals surface area (Å²) in [6.45, 7) is 4.79. The van der Waals surface area contributed by atoms with Gasteiger partial charge in [-0.2, -0.15) is 0 Å². The van der Waals surface area contributed by atoms with Crippen LogP contribution < -0.4 is 19.9 Å². The summed E-state index contributed by atoms with van der Waals surface area (Å²) in [5.41, 5.74) is 2.09. The summed E-state index contributed by atoms with van der Waals surface area (Å²) in [7, 11) is 0. The number of aromatic amines is 1. The molecule has 0 radical (unpaired) electrons. The van der Waals surface area contributed by atoms with Gasteiger partial charge in [-0.05, 0) is 46.8 Å². The lowest BCUT2D eigenvalue weighted by atomic mass is 10.0. The number of anilines is 1. The summed E-state index contributed by atoms with van der Waals surface area (Å²) in [5.74, 6) is 0.523. The number of rotatable bonds is 4. The predicted octanol–water partition coefficient (Wildman–Crippen LogP) is 2.68. The van der Waals surface area contributed by atoms with Gasteiger partial charge in [-0.3, -0.25) is 19.4 Å². The highest BCUT2D eigenvalue weighted by molar-refractivity contribution is 7.99. The molecule has 0 saturated heterocycles. The average molecular weight is 438 g/mol. The minimum Gasteiger partial charge on any atom is -0.427 e. The van der Waals surface area contributed by atoms with Gasteiger partial charge in [0.2, 0.25) is 11.1 Å². The number of nitrogens with one attached hydrogen (secondary N) is 1. The second-order valence-corrected chi connectivity index (χ2v) is 8.18. The Kier molecular flexibility index (Phi) is 5.60. The van der Waals surface area contributed by atoms with Gasteiger partial charge >= 0.3 is 17.2 Å². The molecule has 158 valence electrons. The average Bonchev–Trinajstić information content (AvgIpc) is 2.73. The van der Waals surface area contributed by atoms with Crippen molar-refractivity contribution >= 4 is 29.3 Å². The van der Waals surface area contributed by atoms with E-state index in [0.29, 0.717) is 27.9 Å². The van der Waals surface area contributed by atoms with E-state index in [-0.39, 0.29) is 11.5 Å². The molecular weight excluding hydrogens is 416 g/mol. The highest BCUT2D eigenvalue weighted by Crippen LogP contribution is 2.37. The molecule has 1 N–H and O–H groups in total. The van der Waals surface area contributed by atoms with Crippen LogP contribution in [-0.4, -0.2) is 27.7 Å². The normalized spacial score (nSPS) is 14.5. The third-order valence-corrected chi connectivity index (χ3v) is 5.56. The number of benzene rings is 2. The van der Waals surface area contributed by atoms with Crippen LogP contribution in [0.5, 0.6) is 5.75 Å². The number of aromatic nitrogens is 3. The van der Waals surface area contributed by atoms with Crippen LogP contribution in [0, 0.1) is 0 Å². The lowest BCUT2D eigenvalue weighted by Gasteiger charge is -2.31. The Morgan fingerprint density at radius 3 is 2.52 bits per heavy atom. The van der Waals surface area contributed by atoms with Crippen molar-refractivity contribution in [3.05, 3.63) is 64.4 Å². The van der Waals surface area contributed by atoms with Crippen molar-refractivity contribution in [3.8, 4) is 17.0 Å². The number of ether oxygens (including phenoxy) is 1. The first-order valence-electron chi connectivity index (χ1n) is 9.77. The van der Waals surface area contributed by atoms with E-state index in [9.17, 15) is 14.4 Å². The Bertz CT molecular complexity index is 1220. The Hall–Kier alpha value is -3.46. The molecule has 1 amide bonds. The lowest BCUT2D eigenvalue weighted by Crippen LogP contribution is -2.60. The zero-order valence-corrected chi connectivity index (χ0v) is 18.1. The van der Waals surface area contributed by atoms with Crippen LogP contribution in [0.25, 0.3) is 11.3 Å². The summed E-state index contributed by atoms with van der Waals surface area (Å²) in [5, 5.41) is 5.14. The zero-order chi connectivity index (χ0) is 22.1. The molecule has 1 aliphatic heterocycles. The zero-order valence-electron chi connectivity index (χ0n) is 17.3. The van der Waals surface area contributed by atoms with Crippen molar-refractivity contribution in [1.82, 2.24) is 10.1 Å². The predicted molar refractivity (Wildman–Crippen MR) is 116 cm³/mol. The Balaban J connectivity index is 1.96. The van der Waals surface area contributed by atoms with Crippen molar-refractivity contribution in [1.29, 1.82) is 0 Å². The van der Waals surface area contributed by atoms with Crippen LogP contribution in [0.15, 0.2) is 58.5 Å². The number of fused-ring (bicyclic) bond motifs is 3. The smallest absolute Gasteiger partial charge is 0.325 e. The summed E-state index contributed by atoms with van der Waals surface area (Å²) in [6.07, 6.45) is -0.674. The standard InChI is InChI=1S/C22H20N4O4S/c1-4-31-22-23-20(29)19-17-7-5-6-8-18(17)25(13(2)27)21(26(19)24-22)15-9-11-16(12-10-15)30-14(3)28/h5-12,21H,4H2,1-3H3/p+1/t21-/m1/s1. The van der Waals surface area contributed by atoms with Gasteiger partial charge in [0.1, 0.15) is 5.75 Å². The summed E-state index contributed by atoms with van der Waals surface area (Å²) in [6, 6.07) is 14.1. The highest BCUT2D eigenvalue weighted by Gasteiger charge is 2.44. The maximum Gasteiger partial charge on any atom is 0.325 e. The SMILES string of the molecule is CCSc1n[n+]2c(c(=O)[nH]1)-c1ccccc1N(C(C)=O)[C@H]2c1ccc(OC(C)=O)cc1. The van der Waals surface area contributed by atoms with Crippen LogP contribution in [0.3, 0.4) is 0 Å². The third-order valence-electron chi connectivity index (χ3n) is 4.82. The van der Waals surface area contributed by atoms with E-state index in [2.05, 4.69) is 10.1 Å². The summed E-state index contributed by atoms with van der Waals surface area (Å²) in [4.78, 5) is 41.6. The van der Waals surface area contributed by atoms with Gasteiger partial charge in [0.05, 0.1) is 11.3 Å². The van der Waals surface area contributed by atoms with Crippen LogP contribution in [-0.2, 0) is 9.59 Å². The molecule has 3 aromatic rings. The minimum absolute atomic E-state index is 0.188. The lowest BCUT2D eigenvalue weighted by molar-refractivity contribution is -0.763. The Morgan fingerprint density at radius 2 is 1.87 bits per heavy atom. The maximum absolute atomic E-state index is 13.1. The second-order valence-electron chi connectivity index (χ2n) is 6.93. The molecule has 0 fully saturated rings. The molecule has 1 atom stereocenters. The van der Waals surface area contributed by atoms with Gasteiger partial charge in [-0.25, -0.2) is 4.90 Å². The van der Waals surface area contributed by atoms with Gasteiger partial charge < -0.3 is 4.74 Å². The van der Waals surface area contributed by atoms with Gasteiger partial charge in [-0.1, -0.05) is 30.8 Å². The van der Waals surface area contributed by atoms with Crippen molar-refractivity contribution in [2.45, 2.75) is 32.1 Å². The van der Waals surface area contributed by atoms with Crippen LogP contribution in [0.2, 0.25) is 0 Å². The van der Waals surface area contributed by atoms with Crippen molar-refractivity contribution in [2.75, 3.05) is 10.7 Å².